The van der Waals surface area contributed by atoms with E-state index in [1.54, 1.807) is 0 Å². The summed E-state index contributed by atoms with van der Waals surface area (Å²) in [5.41, 5.74) is 20.7. The van der Waals surface area contributed by atoms with Crippen molar-refractivity contribution in [3.63, 3.8) is 0 Å². The van der Waals surface area contributed by atoms with Gasteiger partial charge >= 0.3 is 0 Å². The molecular weight excluding hydrogens is 849 g/mol. The first-order valence-electron chi connectivity index (χ1n) is 24.6. The van der Waals surface area contributed by atoms with Gasteiger partial charge in [0.2, 0.25) is 0 Å². The van der Waals surface area contributed by atoms with E-state index in [4.69, 9.17) is 15.0 Å². The molecule has 1 atom stereocenters. The van der Waals surface area contributed by atoms with Gasteiger partial charge in [0.25, 0.3) is 0 Å². The van der Waals surface area contributed by atoms with Gasteiger partial charge in [-0.2, -0.15) is 0 Å². The van der Waals surface area contributed by atoms with E-state index in [2.05, 4.69) is 229 Å². The second-order valence-electron chi connectivity index (χ2n) is 19.0. The Morgan fingerprint density at radius 2 is 0.914 bits per heavy atom. The highest BCUT2D eigenvalue weighted by atomic mass is 15.0. The van der Waals surface area contributed by atoms with E-state index in [1.165, 1.54) is 71.8 Å². The molecule has 0 saturated heterocycles. The highest BCUT2D eigenvalue weighted by molar-refractivity contribution is 6.10. The molecule has 2 heterocycles. The van der Waals surface area contributed by atoms with Crippen molar-refractivity contribution >= 4 is 32.6 Å². The summed E-state index contributed by atoms with van der Waals surface area (Å²) in [5.74, 6) is 2.08. The molecule has 0 aliphatic heterocycles. The minimum Gasteiger partial charge on any atom is -0.309 e. The molecule has 0 spiro atoms. The molecule has 4 heteroatoms. The van der Waals surface area contributed by atoms with Gasteiger partial charge in [0, 0.05) is 39.1 Å². The highest BCUT2D eigenvalue weighted by Gasteiger charge is 2.30. The molecule has 70 heavy (non-hydrogen) atoms. The van der Waals surface area contributed by atoms with Crippen LogP contribution in [-0.2, 0) is 19.3 Å². The van der Waals surface area contributed by atoms with Crippen molar-refractivity contribution < 1.29 is 0 Å². The predicted octanol–water partition coefficient (Wildman–Crippen LogP) is 16.3. The van der Waals surface area contributed by atoms with Crippen LogP contribution in [0.3, 0.4) is 0 Å². The summed E-state index contributed by atoms with van der Waals surface area (Å²) in [6, 6.07) is 81.9. The molecule has 0 radical (unpaired) electrons. The van der Waals surface area contributed by atoms with Gasteiger partial charge in [-0.3, -0.25) is 0 Å². The van der Waals surface area contributed by atoms with Crippen molar-refractivity contribution in [3.8, 4) is 73.2 Å². The van der Waals surface area contributed by atoms with Crippen molar-refractivity contribution in [1.82, 2.24) is 19.5 Å². The topological polar surface area (TPSA) is 43.6 Å². The van der Waals surface area contributed by atoms with Gasteiger partial charge in [0.15, 0.2) is 17.5 Å². The largest absolute Gasteiger partial charge is 0.309 e. The average Bonchev–Trinajstić information content (AvgIpc) is 3.68. The van der Waals surface area contributed by atoms with Gasteiger partial charge < -0.3 is 4.57 Å². The lowest BCUT2D eigenvalue weighted by atomic mass is 9.78. The Kier molecular flexibility index (Phi) is 9.51. The lowest BCUT2D eigenvalue weighted by Gasteiger charge is -2.27. The Bertz CT molecular complexity index is 4000. The van der Waals surface area contributed by atoms with E-state index in [9.17, 15) is 0 Å². The maximum Gasteiger partial charge on any atom is 0.164 e. The summed E-state index contributed by atoms with van der Waals surface area (Å²) >= 11 is 0. The second-order valence-corrected chi connectivity index (χ2v) is 19.0. The van der Waals surface area contributed by atoms with E-state index in [0.29, 0.717) is 17.5 Å². The number of aryl methyl sites for hydroxylation is 3. The lowest BCUT2D eigenvalue weighted by Crippen LogP contribution is -2.11. The molecule has 2 aliphatic rings. The first-order chi connectivity index (χ1) is 34.7. The molecular formula is C66H46N4. The number of benzene rings is 10. The minimum atomic E-state index is 0.0791. The summed E-state index contributed by atoms with van der Waals surface area (Å²) in [6.45, 7) is 0. The normalized spacial score (nSPS) is 13.9. The van der Waals surface area contributed by atoms with E-state index >= 15 is 0 Å². The third-order valence-electron chi connectivity index (χ3n) is 15.0. The van der Waals surface area contributed by atoms with E-state index in [-0.39, 0.29) is 5.92 Å². The molecule has 0 N–H and O–H groups in total. The standard InChI is InChI=1S/C66H46N4/c1-3-15-42(16-4-1)43-27-30-45(31-28-43)64-67-65(50-34-36-63-60(40-50)56-25-13-14-26-62(56)70(63)51-20-5-2-6-21-51)69-66(68-64)61-39-49-32-29-44-17-9-10-22-52(44)58(49)41-59(61)55-35-33-48-37-46-18-7-8-19-47(46)38-57(48)54-24-12-11-23-53(54)55/h1-28,30-31,34,36-41,55H,29,32-33,35H2. The Morgan fingerprint density at radius 3 is 1.76 bits per heavy atom. The zero-order chi connectivity index (χ0) is 46.1. The number of para-hydroxylation sites is 2. The van der Waals surface area contributed by atoms with Crippen LogP contribution in [0.1, 0.15) is 40.2 Å². The zero-order valence-corrected chi connectivity index (χ0v) is 38.6. The summed E-state index contributed by atoms with van der Waals surface area (Å²) in [6.07, 6.45) is 3.84. The number of hydrogen-bond acceptors (Lipinski definition) is 3. The number of nitrogens with zero attached hydrogens (tertiary/aromatic N) is 4. The van der Waals surface area contributed by atoms with E-state index < -0.39 is 0 Å². The molecule has 12 aromatic rings. The van der Waals surface area contributed by atoms with Crippen molar-refractivity contribution in [2.24, 2.45) is 0 Å². The average molecular weight is 895 g/mol. The number of fused-ring (bicyclic) bond motifs is 10. The molecule has 0 bridgehead atoms. The first kappa shape index (κ1) is 40.3. The van der Waals surface area contributed by atoms with Crippen LogP contribution in [-0.4, -0.2) is 19.5 Å². The van der Waals surface area contributed by atoms with Crippen molar-refractivity contribution in [2.45, 2.75) is 31.6 Å². The van der Waals surface area contributed by atoms with Crippen LogP contribution in [0, 0.1) is 0 Å². The lowest BCUT2D eigenvalue weighted by molar-refractivity contribution is 0.726. The van der Waals surface area contributed by atoms with E-state index in [0.717, 1.165) is 70.0 Å². The molecule has 2 aromatic heterocycles. The summed E-state index contributed by atoms with van der Waals surface area (Å²) in [5, 5.41) is 4.90. The number of aromatic nitrogens is 4. The van der Waals surface area contributed by atoms with Crippen LogP contribution < -0.4 is 0 Å². The fourth-order valence-electron chi connectivity index (χ4n) is 11.6. The van der Waals surface area contributed by atoms with Gasteiger partial charge in [-0.1, -0.05) is 170 Å². The Labute approximate surface area is 407 Å². The molecule has 1 unspecified atom stereocenters. The number of hydrogen-bond donors (Lipinski definition) is 0. The van der Waals surface area contributed by atoms with Crippen molar-refractivity contribution in [1.29, 1.82) is 0 Å². The smallest absolute Gasteiger partial charge is 0.164 e. The van der Waals surface area contributed by atoms with Gasteiger partial charge in [0.05, 0.1) is 11.0 Å². The summed E-state index contributed by atoms with van der Waals surface area (Å²) in [7, 11) is 0. The summed E-state index contributed by atoms with van der Waals surface area (Å²) in [4.78, 5) is 16.5. The molecule has 0 amide bonds. The third-order valence-corrected chi connectivity index (χ3v) is 15.0. The monoisotopic (exact) mass is 894 g/mol. The molecule has 2 aliphatic carbocycles. The Balaban J connectivity index is 0.999. The molecule has 10 aromatic carbocycles. The Hall–Kier alpha value is -8.73. The fraction of sp³-hybridized carbons (Fsp3) is 0.0758. The molecule has 0 saturated carbocycles. The minimum absolute atomic E-state index is 0.0791. The van der Waals surface area contributed by atoms with Gasteiger partial charge in [-0.05, 0) is 152 Å². The van der Waals surface area contributed by atoms with E-state index in [1.807, 2.05) is 0 Å². The van der Waals surface area contributed by atoms with Crippen molar-refractivity contribution in [2.75, 3.05) is 0 Å². The maximum atomic E-state index is 5.59. The number of rotatable bonds is 6. The fourth-order valence-corrected chi connectivity index (χ4v) is 11.6. The van der Waals surface area contributed by atoms with Crippen molar-refractivity contribution in [3.05, 3.63) is 252 Å². The van der Waals surface area contributed by atoms with Crippen LogP contribution in [0.2, 0.25) is 0 Å². The maximum absolute atomic E-state index is 5.59. The van der Waals surface area contributed by atoms with Crippen LogP contribution in [0.4, 0.5) is 0 Å². The van der Waals surface area contributed by atoms with Gasteiger partial charge in [0.1, 0.15) is 0 Å². The van der Waals surface area contributed by atoms with Crippen LogP contribution in [0.25, 0.3) is 106 Å². The third kappa shape index (κ3) is 6.78. The first-order valence-corrected chi connectivity index (χ1v) is 24.6. The summed E-state index contributed by atoms with van der Waals surface area (Å²) < 4.78 is 2.36. The SMILES string of the molecule is c1ccc(-c2ccc(-c3nc(-c4ccc5c(c4)c4ccccc4n5-c4ccccc4)nc(-c4cc5c(cc4C4CCc6cc7ccccc7cc6-c6ccccc64)-c4ccccc4CC5)n3)cc2)cc1. The van der Waals surface area contributed by atoms with Crippen LogP contribution in [0.5, 0.6) is 0 Å². The van der Waals surface area contributed by atoms with Gasteiger partial charge in [-0.25, -0.2) is 15.0 Å². The Morgan fingerprint density at radius 1 is 0.329 bits per heavy atom. The predicted molar refractivity (Wildman–Crippen MR) is 288 cm³/mol. The molecule has 14 rings (SSSR count). The molecule has 330 valence electrons. The highest BCUT2D eigenvalue weighted by Crippen LogP contribution is 2.48. The van der Waals surface area contributed by atoms with Gasteiger partial charge in [-0.15, -0.1) is 0 Å². The molecule has 0 fully saturated rings. The molecule has 4 nitrogen and oxygen atoms in total. The quantitative estimate of drug-likeness (QED) is 0.167. The second kappa shape index (κ2) is 16.5. The zero-order valence-electron chi connectivity index (χ0n) is 38.6. The van der Waals surface area contributed by atoms with Crippen LogP contribution in [0.15, 0.2) is 224 Å². The van der Waals surface area contributed by atoms with Crippen LogP contribution >= 0.6 is 0 Å².